The summed E-state index contributed by atoms with van der Waals surface area (Å²) in [4.78, 5) is 4.27. The molecular weight excluding hydrogens is 186 g/mol. The zero-order valence-electron chi connectivity index (χ0n) is 8.04. The highest BCUT2D eigenvalue weighted by atomic mass is 15.3. The lowest BCUT2D eigenvalue weighted by Crippen LogP contribution is -1.93. The molecule has 0 saturated heterocycles. The van der Waals surface area contributed by atoms with Crippen molar-refractivity contribution in [3.63, 3.8) is 0 Å². The highest BCUT2D eigenvalue weighted by molar-refractivity contribution is 5.80. The maximum atomic E-state index is 4.27. The van der Waals surface area contributed by atoms with Crippen LogP contribution in [0.3, 0.4) is 0 Å². The van der Waals surface area contributed by atoms with Gasteiger partial charge in [-0.15, -0.1) is 0 Å². The number of rotatable bonds is 1. The van der Waals surface area contributed by atoms with Crippen molar-refractivity contribution in [2.45, 2.75) is 0 Å². The molecule has 3 rings (SSSR count). The fraction of sp³-hybridized carbons (Fsp3) is 0. The van der Waals surface area contributed by atoms with E-state index in [0.29, 0.717) is 0 Å². The first kappa shape index (κ1) is 8.17. The number of benzene rings is 1. The third kappa shape index (κ3) is 1.38. The molecule has 3 heteroatoms. The Hall–Kier alpha value is -2.16. The Morgan fingerprint density at radius 2 is 2.00 bits per heavy atom. The van der Waals surface area contributed by atoms with E-state index in [2.05, 4.69) is 22.2 Å². The van der Waals surface area contributed by atoms with E-state index in [4.69, 9.17) is 0 Å². The number of nitrogens with zero attached hydrogens (tertiary/aromatic N) is 3. The van der Waals surface area contributed by atoms with Crippen molar-refractivity contribution in [1.29, 1.82) is 0 Å². The molecular formula is C12H9N3. The van der Waals surface area contributed by atoms with E-state index in [0.717, 1.165) is 16.6 Å². The average molecular weight is 195 g/mol. The Kier molecular flexibility index (Phi) is 1.75. The van der Waals surface area contributed by atoms with Crippen LogP contribution in [0.5, 0.6) is 0 Å². The summed E-state index contributed by atoms with van der Waals surface area (Å²) in [6.45, 7) is 0. The molecule has 0 bridgehead atoms. The van der Waals surface area contributed by atoms with Gasteiger partial charge in [0.15, 0.2) is 0 Å². The van der Waals surface area contributed by atoms with Crippen LogP contribution < -0.4 is 0 Å². The average Bonchev–Trinajstić information content (AvgIpc) is 2.82. The summed E-state index contributed by atoms with van der Waals surface area (Å²) in [5, 5.41) is 5.32. The minimum Gasteiger partial charge on any atom is -0.256 e. The largest absolute Gasteiger partial charge is 0.256 e. The molecule has 0 N–H and O–H groups in total. The van der Waals surface area contributed by atoms with Crippen molar-refractivity contribution >= 4 is 10.9 Å². The van der Waals surface area contributed by atoms with Crippen molar-refractivity contribution in [2.24, 2.45) is 0 Å². The van der Waals surface area contributed by atoms with E-state index in [1.54, 1.807) is 12.4 Å². The molecule has 0 spiro atoms. The molecule has 3 nitrogen and oxygen atoms in total. The van der Waals surface area contributed by atoms with Gasteiger partial charge < -0.3 is 0 Å². The lowest BCUT2D eigenvalue weighted by molar-refractivity contribution is 0.882. The summed E-state index contributed by atoms with van der Waals surface area (Å²) in [6, 6.07) is 12.0. The van der Waals surface area contributed by atoms with Gasteiger partial charge in [0.25, 0.3) is 0 Å². The second kappa shape index (κ2) is 3.20. The fourth-order valence-corrected chi connectivity index (χ4v) is 1.63. The van der Waals surface area contributed by atoms with Crippen LogP contribution in [0.1, 0.15) is 0 Å². The third-order valence-electron chi connectivity index (χ3n) is 2.36. The number of hydrogen-bond donors (Lipinski definition) is 0. The van der Waals surface area contributed by atoms with Crippen molar-refractivity contribution in [2.75, 3.05) is 0 Å². The van der Waals surface area contributed by atoms with Crippen LogP contribution in [0, 0.1) is 0 Å². The molecule has 0 amide bonds. The van der Waals surface area contributed by atoms with Gasteiger partial charge in [0.05, 0.1) is 11.2 Å². The van der Waals surface area contributed by atoms with Gasteiger partial charge in [0.1, 0.15) is 0 Å². The van der Waals surface area contributed by atoms with E-state index in [1.165, 1.54) is 0 Å². The monoisotopic (exact) mass is 195 g/mol. The topological polar surface area (TPSA) is 30.7 Å². The lowest BCUT2D eigenvalue weighted by Gasteiger charge is -2.02. The standard InChI is InChI=1S/C12H9N3/c1-3-10-9-11(15-8-2-7-14-15)4-5-12(10)13-6-1/h1-9H. The predicted octanol–water partition coefficient (Wildman–Crippen LogP) is 2.42. The van der Waals surface area contributed by atoms with E-state index in [9.17, 15) is 0 Å². The molecule has 0 unspecified atom stereocenters. The van der Waals surface area contributed by atoms with Gasteiger partial charge in [-0.2, -0.15) is 5.10 Å². The van der Waals surface area contributed by atoms with Gasteiger partial charge >= 0.3 is 0 Å². The Bertz CT molecular complexity index is 585. The maximum absolute atomic E-state index is 4.27. The number of aromatic nitrogens is 3. The SMILES string of the molecule is c1cnc2ccc(-n3cccn3)cc2c1. The van der Waals surface area contributed by atoms with Gasteiger partial charge in [-0.1, -0.05) is 6.07 Å². The van der Waals surface area contributed by atoms with Crippen LogP contribution in [0.25, 0.3) is 16.6 Å². The van der Waals surface area contributed by atoms with E-state index in [1.807, 2.05) is 35.1 Å². The van der Waals surface area contributed by atoms with Crippen LogP contribution in [0.2, 0.25) is 0 Å². The second-order valence-corrected chi connectivity index (χ2v) is 3.33. The van der Waals surface area contributed by atoms with Crippen molar-refractivity contribution in [1.82, 2.24) is 14.8 Å². The molecule has 0 aliphatic heterocycles. The lowest BCUT2D eigenvalue weighted by atomic mass is 10.2. The summed E-state index contributed by atoms with van der Waals surface area (Å²) in [5.41, 5.74) is 2.06. The highest BCUT2D eigenvalue weighted by Gasteiger charge is 1.98. The summed E-state index contributed by atoms with van der Waals surface area (Å²) in [7, 11) is 0. The maximum Gasteiger partial charge on any atom is 0.0703 e. The van der Waals surface area contributed by atoms with Gasteiger partial charge in [-0.3, -0.25) is 4.98 Å². The van der Waals surface area contributed by atoms with Crippen LogP contribution in [-0.4, -0.2) is 14.8 Å². The summed E-state index contributed by atoms with van der Waals surface area (Å²) >= 11 is 0. The molecule has 0 fully saturated rings. The molecule has 0 saturated carbocycles. The summed E-state index contributed by atoms with van der Waals surface area (Å²) < 4.78 is 1.84. The zero-order valence-corrected chi connectivity index (χ0v) is 8.04. The van der Waals surface area contributed by atoms with Gasteiger partial charge in [-0.25, -0.2) is 4.68 Å². The molecule has 0 radical (unpaired) electrons. The van der Waals surface area contributed by atoms with Gasteiger partial charge in [0.2, 0.25) is 0 Å². The first-order valence-corrected chi connectivity index (χ1v) is 4.78. The Balaban J connectivity index is 2.22. The molecule has 72 valence electrons. The molecule has 0 aliphatic carbocycles. The molecule has 1 aromatic carbocycles. The minimum absolute atomic E-state index is 1.01. The molecule has 0 atom stereocenters. The van der Waals surface area contributed by atoms with Crippen molar-refractivity contribution in [3.05, 3.63) is 55.0 Å². The molecule has 2 heterocycles. The summed E-state index contributed by atoms with van der Waals surface area (Å²) in [6.07, 6.45) is 5.50. The van der Waals surface area contributed by atoms with Crippen molar-refractivity contribution in [3.8, 4) is 5.69 Å². The van der Waals surface area contributed by atoms with Crippen LogP contribution in [0.4, 0.5) is 0 Å². The quantitative estimate of drug-likeness (QED) is 0.597. The second-order valence-electron chi connectivity index (χ2n) is 3.33. The Labute approximate surface area is 87.0 Å². The minimum atomic E-state index is 1.01. The number of hydrogen-bond acceptors (Lipinski definition) is 2. The normalized spacial score (nSPS) is 10.7. The van der Waals surface area contributed by atoms with Crippen LogP contribution >= 0.6 is 0 Å². The zero-order chi connectivity index (χ0) is 10.1. The molecule has 2 aromatic heterocycles. The predicted molar refractivity (Wildman–Crippen MR) is 58.9 cm³/mol. The number of fused-ring (bicyclic) bond motifs is 1. The van der Waals surface area contributed by atoms with E-state index >= 15 is 0 Å². The first-order chi connectivity index (χ1) is 7.43. The van der Waals surface area contributed by atoms with E-state index in [-0.39, 0.29) is 0 Å². The van der Waals surface area contributed by atoms with Gasteiger partial charge in [0, 0.05) is 24.0 Å². The van der Waals surface area contributed by atoms with Gasteiger partial charge in [-0.05, 0) is 30.3 Å². The molecule has 0 aliphatic rings. The van der Waals surface area contributed by atoms with Crippen molar-refractivity contribution < 1.29 is 0 Å². The van der Waals surface area contributed by atoms with Crippen LogP contribution in [-0.2, 0) is 0 Å². The molecule has 15 heavy (non-hydrogen) atoms. The summed E-state index contributed by atoms with van der Waals surface area (Å²) in [5.74, 6) is 0. The van der Waals surface area contributed by atoms with Crippen LogP contribution in [0.15, 0.2) is 55.0 Å². The highest BCUT2D eigenvalue weighted by Crippen LogP contribution is 2.15. The smallest absolute Gasteiger partial charge is 0.0703 e. The van der Waals surface area contributed by atoms with E-state index < -0.39 is 0 Å². The fourth-order valence-electron chi connectivity index (χ4n) is 1.63. The third-order valence-corrected chi connectivity index (χ3v) is 2.36. The number of pyridine rings is 1. The Morgan fingerprint density at radius 1 is 1.00 bits per heavy atom. The first-order valence-electron chi connectivity index (χ1n) is 4.78. The molecule has 3 aromatic rings. The Morgan fingerprint density at radius 3 is 2.87 bits per heavy atom.